The summed E-state index contributed by atoms with van der Waals surface area (Å²) in [7, 11) is 0. The van der Waals surface area contributed by atoms with E-state index in [0.29, 0.717) is 24.7 Å². The first-order valence-corrected chi connectivity index (χ1v) is 6.21. The zero-order valence-electron chi connectivity index (χ0n) is 11.0. The summed E-state index contributed by atoms with van der Waals surface area (Å²) < 4.78 is 5.22. The van der Waals surface area contributed by atoms with Crippen LogP contribution < -0.4 is 0 Å². The Morgan fingerprint density at radius 1 is 1.47 bits per heavy atom. The molecule has 1 aliphatic rings. The van der Waals surface area contributed by atoms with Crippen LogP contribution >= 0.6 is 0 Å². The SMILES string of the molecule is Cc1noc(C)c1C(C)N1CCC(=O)CC1C. The number of piperidine rings is 1. The summed E-state index contributed by atoms with van der Waals surface area (Å²) >= 11 is 0. The van der Waals surface area contributed by atoms with E-state index in [0.717, 1.165) is 18.0 Å². The molecule has 0 radical (unpaired) electrons. The first kappa shape index (κ1) is 12.3. The normalized spacial score (nSPS) is 24.0. The van der Waals surface area contributed by atoms with Gasteiger partial charge in [-0.25, -0.2) is 0 Å². The molecule has 1 aromatic heterocycles. The molecule has 2 heterocycles. The molecule has 17 heavy (non-hydrogen) atoms. The molecule has 2 atom stereocenters. The van der Waals surface area contributed by atoms with Gasteiger partial charge in [-0.05, 0) is 27.7 Å². The number of carbonyl (C=O) groups excluding carboxylic acids is 1. The van der Waals surface area contributed by atoms with Crippen LogP contribution in [0.15, 0.2) is 4.52 Å². The van der Waals surface area contributed by atoms with Crippen LogP contribution in [0.5, 0.6) is 0 Å². The Balaban J connectivity index is 2.20. The van der Waals surface area contributed by atoms with E-state index in [9.17, 15) is 4.79 Å². The van der Waals surface area contributed by atoms with Gasteiger partial charge in [0.05, 0.1) is 5.69 Å². The Morgan fingerprint density at radius 2 is 2.18 bits per heavy atom. The van der Waals surface area contributed by atoms with E-state index in [4.69, 9.17) is 4.52 Å². The van der Waals surface area contributed by atoms with Crippen LogP contribution in [0.2, 0.25) is 0 Å². The molecule has 94 valence electrons. The molecule has 4 heteroatoms. The van der Waals surface area contributed by atoms with Gasteiger partial charge >= 0.3 is 0 Å². The van der Waals surface area contributed by atoms with Crippen LogP contribution in [-0.2, 0) is 4.79 Å². The van der Waals surface area contributed by atoms with Gasteiger partial charge in [-0.1, -0.05) is 5.16 Å². The van der Waals surface area contributed by atoms with E-state index < -0.39 is 0 Å². The lowest BCUT2D eigenvalue weighted by Gasteiger charge is -2.37. The number of Topliss-reactive ketones (excluding diaryl/α,β-unsaturated/α-hetero) is 1. The number of nitrogens with zero attached hydrogens (tertiary/aromatic N) is 2. The van der Waals surface area contributed by atoms with Crippen LogP contribution in [0.25, 0.3) is 0 Å². The summed E-state index contributed by atoms with van der Waals surface area (Å²) in [5, 5.41) is 4.00. The van der Waals surface area contributed by atoms with Crippen molar-refractivity contribution in [3.63, 3.8) is 0 Å². The Hall–Kier alpha value is -1.16. The number of hydrogen-bond acceptors (Lipinski definition) is 4. The number of rotatable bonds is 2. The fraction of sp³-hybridized carbons (Fsp3) is 0.692. The Morgan fingerprint density at radius 3 is 2.71 bits per heavy atom. The van der Waals surface area contributed by atoms with Gasteiger partial charge in [0, 0.05) is 37.0 Å². The number of carbonyl (C=O) groups is 1. The van der Waals surface area contributed by atoms with E-state index in [1.165, 1.54) is 5.56 Å². The molecule has 0 spiro atoms. The van der Waals surface area contributed by atoms with E-state index in [1.807, 2.05) is 13.8 Å². The highest BCUT2D eigenvalue weighted by Gasteiger charge is 2.30. The molecule has 1 aromatic rings. The second kappa shape index (κ2) is 4.61. The van der Waals surface area contributed by atoms with E-state index in [-0.39, 0.29) is 6.04 Å². The maximum Gasteiger partial charge on any atom is 0.138 e. The average Bonchev–Trinajstić information content (AvgIpc) is 2.58. The number of likely N-dealkylation sites (tertiary alicyclic amines) is 1. The largest absolute Gasteiger partial charge is 0.361 e. The number of ketones is 1. The summed E-state index contributed by atoms with van der Waals surface area (Å²) in [6, 6.07) is 0.573. The highest BCUT2D eigenvalue weighted by atomic mass is 16.5. The van der Waals surface area contributed by atoms with Crippen molar-refractivity contribution in [2.24, 2.45) is 0 Å². The number of aromatic nitrogens is 1. The zero-order valence-corrected chi connectivity index (χ0v) is 11.0. The van der Waals surface area contributed by atoms with Gasteiger partial charge < -0.3 is 4.52 Å². The lowest BCUT2D eigenvalue weighted by atomic mass is 9.96. The van der Waals surface area contributed by atoms with Crippen LogP contribution in [0.1, 0.15) is 49.7 Å². The molecule has 0 aliphatic carbocycles. The molecule has 2 unspecified atom stereocenters. The maximum atomic E-state index is 11.4. The monoisotopic (exact) mass is 236 g/mol. The Labute approximate surface area is 102 Å². The first-order valence-electron chi connectivity index (χ1n) is 6.21. The lowest BCUT2D eigenvalue weighted by Crippen LogP contribution is -2.42. The molecule has 0 bridgehead atoms. The summed E-state index contributed by atoms with van der Waals surface area (Å²) in [6.45, 7) is 9.05. The fourth-order valence-electron chi connectivity index (χ4n) is 2.85. The minimum atomic E-state index is 0.268. The van der Waals surface area contributed by atoms with E-state index in [1.54, 1.807) is 0 Å². The molecule has 4 nitrogen and oxygen atoms in total. The van der Waals surface area contributed by atoms with Gasteiger partial charge in [0.15, 0.2) is 0 Å². The van der Waals surface area contributed by atoms with Crippen molar-refractivity contribution in [1.29, 1.82) is 0 Å². The number of aryl methyl sites for hydroxylation is 2. The molecule has 1 saturated heterocycles. The molecule has 0 N–H and O–H groups in total. The summed E-state index contributed by atoms with van der Waals surface area (Å²) in [5.74, 6) is 1.26. The van der Waals surface area contributed by atoms with Gasteiger partial charge in [-0.15, -0.1) is 0 Å². The van der Waals surface area contributed by atoms with Gasteiger partial charge in [0.25, 0.3) is 0 Å². The smallest absolute Gasteiger partial charge is 0.138 e. The van der Waals surface area contributed by atoms with E-state index >= 15 is 0 Å². The third kappa shape index (κ3) is 2.27. The molecule has 0 aromatic carbocycles. The minimum Gasteiger partial charge on any atom is -0.361 e. The fourth-order valence-corrected chi connectivity index (χ4v) is 2.85. The van der Waals surface area contributed by atoms with Gasteiger partial charge in [-0.2, -0.15) is 0 Å². The summed E-state index contributed by atoms with van der Waals surface area (Å²) in [4.78, 5) is 13.8. The molecular weight excluding hydrogens is 216 g/mol. The van der Waals surface area contributed by atoms with Crippen LogP contribution in [0.4, 0.5) is 0 Å². The number of hydrogen-bond donors (Lipinski definition) is 0. The molecular formula is C13H20N2O2. The average molecular weight is 236 g/mol. The maximum absolute atomic E-state index is 11.4. The topological polar surface area (TPSA) is 46.3 Å². The van der Waals surface area contributed by atoms with E-state index in [2.05, 4.69) is 23.9 Å². The second-order valence-electron chi connectivity index (χ2n) is 4.99. The van der Waals surface area contributed by atoms with Crippen molar-refractivity contribution in [1.82, 2.24) is 10.1 Å². The lowest BCUT2D eigenvalue weighted by molar-refractivity contribution is -0.123. The third-order valence-electron chi connectivity index (χ3n) is 3.74. The molecule has 1 fully saturated rings. The van der Waals surface area contributed by atoms with Crippen molar-refractivity contribution in [2.75, 3.05) is 6.54 Å². The molecule has 2 rings (SSSR count). The van der Waals surface area contributed by atoms with Crippen molar-refractivity contribution in [3.05, 3.63) is 17.0 Å². The highest BCUT2D eigenvalue weighted by molar-refractivity contribution is 5.79. The van der Waals surface area contributed by atoms with Crippen LogP contribution in [0, 0.1) is 13.8 Å². The standard InChI is InChI=1S/C13H20N2O2/c1-8-7-12(16)5-6-15(8)10(3)13-9(2)14-17-11(13)4/h8,10H,5-7H2,1-4H3. The van der Waals surface area contributed by atoms with Gasteiger partial charge in [0.1, 0.15) is 11.5 Å². The molecule has 1 aliphatic heterocycles. The van der Waals surface area contributed by atoms with Crippen molar-refractivity contribution < 1.29 is 9.32 Å². The van der Waals surface area contributed by atoms with Crippen LogP contribution in [-0.4, -0.2) is 28.4 Å². The molecule has 0 amide bonds. The predicted octanol–water partition coefficient (Wildman–Crippen LogP) is 2.41. The Bertz CT molecular complexity index is 406. The quantitative estimate of drug-likeness (QED) is 0.791. The van der Waals surface area contributed by atoms with Crippen LogP contribution in [0.3, 0.4) is 0 Å². The second-order valence-corrected chi connectivity index (χ2v) is 4.99. The minimum absolute atomic E-state index is 0.268. The zero-order chi connectivity index (χ0) is 12.6. The summed E-state index contributed by atoms with van der Waals surface area (Å²) in [6.07, 6.45) is 1.33. The van der Waals surface area contributed by atoms with Gasteiger partial charge in [-0.3, -0.25) is 9.69 Å². The van der Waals surface area contributed by atoms with Crippen molar-refractivity contribution in [3.8, 4) is 0 Å². The van der Waals surface area contributed by atoms with Crippen molar-refractivity contribution >= 4 is 5.78 Å². The predicted molar refractivity (Wildman–Crippen MR) is 64.8 cm³/mol. The Kier molecular flexibility index (Phi) is 3.33. The third-order valence-corrected chi connectivity index (χ3v) is 3.74. The summed E-state index contributed by atoms with van der Waals surface area (Å²) in [5.41, 5.74) is 2.13. The van der Waals surface area contributed by atoms with Crippen molar-refractivity contribution in [2.45, 2.75) is 52.6 Å². The molecule has 0 saturated carbocycles. The van der Waals surface area contributed by atoms with Gasteiger partial charge in [0.2, 0.25) is 0 Å². The highest BCUT2D eigenvalue weighted by Crippen LogP contribution is 2.30. The first-order chi connectivity index (χ1) is 8.00.